The average molecular weight is 317 g/mol. The van der Waals surface area contributed by atoms with Crippen molar-refractivity contribution in [1.82, 2.24) is 4.98 Å². The Hall–Kier alpha value is -2.11. The van der Waals surface area contributed by atoms with Crippen molar-refractivity contribution in [3.8, 4) is 11.3 Å². The molecule has 0 atom stereocenters. The normalized spacial score (nSPS) is 21.7. The third kappa shape index (κ3) is 3.63. The van der Waals surface area contributed by atoms with Crippen molar-refractivity contribution < 1.29 is 18.3 Å². The molecule has 2 heterocycles. The first-order valence-corrected chi connectivity index (χ1v) is 7.45. The molecule has 1 aliphatic heterocycles. The number of hydrogen-bond acceptors (Lipinski definition) is 3. The number of hydrogen-bond donors (Lipinski definition) is 0. The Balaban J connectivity index is 1.71. The zero-order chi connectivity index (χ0) is 16.2. The highest BCUT2D eigenvalue weighted by atomic mass is 19.2. The molecule has 0 amide bonds. The van der Waals surface area contributed by atoms with Gasteiger partial charge in [0.15, 0.2) is 17.9 Å². The van der Waals surface area contributed by atoms with Crippen LogP contribution in [0.15, 0.2) is 48.7 Å². The van der Waals surface area contributed by atoms with Crippen molar-refractivity contribution in [3.63, 3.8) is 0 Å². The van der Waals surface area contributed by atoms with Gasteiger partial charge in [0.1, 0.15) is 0 Å². The topological polar surface area (TPSA) is 31.4 Å². The monoisotopic (exact) mass is 317 g/mol. The minimum absolute atomic E-state index is 0.269. The number of allylic oxidation sites excluding steroid dienone is 1. The molecule has 3 nitrogen and oxygen atoms in total. The van der Waals surface area contributed by atoms with Gasteiger partial charge in [-0.3, -0.25) is 4.98 Å². The van der Waals surface area contributed by atoms with E-state index in [9.17, 15) is 8.78 Å². The molecule has 0 N–H and O–H groups in total. The second kappa shape index (κ2) is 6.98. The molecule has 1 aromatic heterocycles. The molecule has 2 aromatic rings. The van der Waals surface area contributed by atoms with Crippen LogP contribution in [0.1, 0.15) is 18.8 Å². The molecular weight excluding hydrogens is 300 g/mol. The van der Waals surface area contributed by atoms with Crippen molar-refractivity contribution in [1.29, 1.82) is 0 Å². The summed E-state index contributed by atoms with van der Waals surface area (Å²) in [5, 5.41) is 0. The van der Waals surface area contributed by atoms with Gasteiger partial charge in [-0.1, -0.05) is 18.2 Å². The number of ether oxygens (including phenoxy) is 2. The van der Waals surface area contributed by atoms with Gasteiger partial charge < -0.3 is 9.47 Å². The minimum atomic E-state index is -0.887. The molecular formula is C18H17F2NO2. The lowest BCUT2D eigenvalue weighted by atomic mass is 10.1. The maximum atomic E-state index is 13.3. The number of benzene rings is 1. The largest absolute Gasteiger partial charge is 0.348 e. The van der Waals surface area contributed by atoms with Gasteiger partial charge >= 0.3 is 0 Å². The van der Waals surface area contributed by atoms with Crippen LogP contribution in [0.25, 0.3) is 11.3 Å². The summed E-state index contributed by atoms with van der Waals surface area (Å²) in [4.78, 5) is 4.29. The molecule has 23 heavy (non-hydrogen) atoms. The van der Waals surface area contributed by atoms with Gasteiger partial charge in [-0.05, 0) is 31.2 Å². The molecule has 0 unspecified atom stereocenters. The summed E-state index contributed by atoms with van der Waals surface area (Å²) in [7, 11) is 0. The van der Waals surface area contributed by atoms with Crippen LogP contribution in [0.3, 0.4) is 0 Å². The number of pyridine rings is 1. The molecule has 1 aliphatic rings. The lowest BCUT2D eigenvalue weighted by molar-refractivity contribution is -0.197. The zero-order valence-corrected chi connectivity index (χ0v) is 12.7. The molecule has 1 saturated heterocycles. The van der Waals surface area contributed by atoms with Crippen molar-refractivity contribution in [3.05, 3.63) is 65.9 Å². The third-order valence-electron chi connectivity index (χ3n) is 3.66. The first-order valence-electron chi connectivity index (χ1n) is 7.45. The SMILES string of the molecule is CC=CC1COC(c2ccc(-c3ccc(F)c(F)c3)nc2)OC1. The van der Waals surface area contributed by atoms with E-state index in [4.69, 9.17) is 9.47 Å². The Kier molecular flexibility index (Phi) is 4.79. The van der Waals surface area contributed by atoms with Crippen LogP contribution >= 0.6 is 0 Å². The van der Waals surface area contributed by atoms with E-state index < -0.39 is 17.9 Å². The average Bonchev–Trinajstić information content (AvgIpc) is 2.59. The highest BCUT2D eigenvalue weighted by Crippen LogP contribution is 2.27. The van der Waals surface area contributed by atoms with E-state index in [2.05, 4.69) is 11.1 Å². The van der Waals surface area contributed by atoms with Crippen LogP contribution in [0, 0.1) is 17.6 Å². The fourth-order valence-electron chi connectivity index (χ4n) is 2.46. The quantitative estimate of drug-likeness (QED) is 0.793. The van der Waals surface area contributed by atoms with Gasteiger partial charge in [0, 0.05) is 23.2 Å². The van der Waals surface area contributed by atoms with E-state index in [1.54, 1.807) is 12.3 Å². The summed E-state index contributed by atoms with van der Waals surface area (Å²) in [6.45, 7) is 3.16. The molecule has 0 aliphatic carbocycles. The van der Waals surface area contributed by atoms with Gasteiger partial charge in [-0.15, -0.1) is 0 Å². The predicted octanol–water partition coefficient (Wildman–Crippen LogP) is 4.26. The summed E-state index contributed by atoms with van der Waals surface area (Å²) in [6, 6.07) is 7.29. The molecule has 3 rings (SSSR count). The fourth-order valence-corrected chi connectivity index (χ4v) is 2.46. The molecule has 0 spiro atoms. The van der Waals surface area contributed by atoms with Gasteiger partial charge in [0.05, 0.1) is 18.9 Å². The van der Waals surface area contributed by atoms with Crippen molar-refractivity contribution in [2.45, 2.75) is 13.2 Å². The number of halogens is 2. The summed E-state index contributed by atoms with van der Waals surface area (Å²) in [5.41, 5.74) is 1.89. The minimum Gasteiger partial charge on any atom is -0.348 e. The Morgan fingerprint density at radius 2 is 1.87 bits per heavy atom. The molecule has 0 saturated carbocycles. The smallest absolute Gasteiger partial charge is 0.185 e. The molecule has 0 bridgehead atoms. The van der Waals surface area contributed by atoms with E-state index in [0.717, 1.165) is 17.7 Å². The van der Waals surface area contributed by atoms with Gasteiger partial charge in [-0.2, -0.15) is 0 Å². The predicted molar refractivity (Wildman–Crippen MR) is 82.5 cm³/mol. The maximum Gasteiger partial charge on any atom is 0.185 e. The van der Waals surface area contributed by atoms with E-state index >= 15 is 0 Å². The summed E-state index contributed by atoms with van der Waals surface area (Å²) in [6.07, 6.45) is 5.23. The van der Waals surface area contributed by atoms with Crippen LogP contribution in [-0.2, 0) is 9.47 Å². The first kappa shape index (κ1) is 15.8. The molecule has 5 heteroatoms. The summed E-state index contributed by atoms with van der Waals surface area (Å²) < 4.78 is 37.6. The summed E-state index contributed by atoms with van der Waals surface area (Å²) >= 11 is 0. The third-order valence-corrected chi connectivity index (χ3v) is 3.66. The van der Waals surface area contributed by atoms with E-state index in [1.165, 1.54) is 6.07 Å². The molecule has 120 valence electrons. The van der Waals surface area contributed by atoms with Crippen LogP contribution in [0.5, 0.6) is 0 Å². The fraction of sp³-hybridized carbons (Fsp3) is 0.278. The number of nitrogens with zero attached hydrogens (tertiary/aromatic N) is 1. The lowest BCUT2D eigenvalue weighted by Crippen LogP contribution is -2.25. The maximum absolute atomic E-state index is 13.3. The highest BCUT2D eigenvalue weighted by molar-refractivity contribution is 5.59. The molecule has 1 fully saturated rings. The Labute approximate surface area is 133 Å². The highest BCUT2D eigenvalue weighted by Gasteiger charge is 2.22. The lowest BCUT2D eigenvalue weighted by Gasteiger charge is -2.28. The molecule has 0 radical (unpaired) electrons. The first-order chi connectivity index (χ1) is 11.2. The van der Waals surface area contributed by atoms with Crippen LogP contribution in [0.4, 0.5) is 8.78 Å². The van der Waals surface area contributed by atoms with Crippen molar-refractivity contribution in [2.24, 2.45) is 5.92 Å². The Morgan fingerprint density at radius 1 is 1.09 bits per heavy atom. The Morgan fingerprint density at radius 3 is 2.48 bits per heavy atom. The number of rotatable bonds is 3. The van der Waals surface area contributed by atoms with E-state index in [0.29, 0.717) is 24.5 Å². The second-order valence-corrected chi connectivity index (χ2v) is 5.39. The van der Waals surface area contributed by atoms with Gasteiger partial charge in [0.25, 0.3) is 0 Å². The van der Waals surface area contributed by atoms with Crippen molar-refractivity contribution in [2.75, 3.05) is 13.2 Å². The van der Waals surface area contributed by atoms with Crippen LogP contribution in [0.2, 0.25) is 0 Å². The summed E-state index contributed by atoms with van der Waals surface area (Å²) in [5.74, 6) is -1.49. The number of aromatic nitrogens is 1. The van der Waals surface area contributed by atoms with E-state index in [-0.39, 0.29) is 5.92 Å². The second-order valence-electron chi connectivity index (χ2n) is 5.39. The van der Waals surface area contributed by atoms with Crippen LogP contribution in [-0.4, -0.2) is 18.2 Å². The van der Waals surface area contributed by atoms with E-state index in [1.807, 2.05) is 19.1 Å². The Bertz CT molecular complexity index is 693. The van der Waals surface area contributed by atoms with Gasteiger partial charge in [0.2, 0.25) is 0 Å². The standard InChI is InChI=1S/C18H17F2NO2/c1-2-3-12-10-22-18(23-11-12)14-5-7-17(21-9-14)13-4-6-15(19)16(20)8-13/h2-9,12,18H,10-11H2,1H3. The van der Waals surface area contributed by atoms with Crippen LogP contribution < -0.4 is 0 Å². The zero-order valence-electron chi connectivity index (χ0n) is 12.7. The van der Waals surface area contributed by atoms with Crippen molar-refractivity contribution >= 4 is 0 Å². The van der Waals surface area contributed by atoms with Gasteiger partial charge in [-0.25, -0.2) is 8.78 Å². The molecule has 1 aromatic carbocycles.